The smallest absolute Gasteiger partial charge is 0.274 e. The maximum Gasteiger partial charge on any atom is 0.274 e. The zero-order valence-electron chi connectivity index (χ0n) is 15.8. The van der Waals surface area contributed by atoms with Crippen LogP contribution in [-0.2, 0) is 13.1 Å². The summed E-state index contributed by atoms with van der Waals surface area (Å²) in [6, 6.07) is 6.17. The van der Waals surface area contributed by atoms with Crippen molar-refractivity contribution in [1.29, 1.82) is 0 Å². The number of aromatic nitrogens is 1. The Kier molecular flexibility index (Phi) is 5.30. The standard InChI is InChI=1S/C20H20Cl2N2O4/c1-20(2,3)18(27)14-9-15(25)17(26)16-19(28)23(6-7-24(14)16)10-11-4-5-12(21)13(22)8-11/h4-5,8-9,26H,6-7,10H2,1-3H3. The number of nitrogens with zero attached hydrogens (tertiary/aromatic N) is 2. The number of carbonyl (C=O) groups is 2. The van der Waals surface area contributed by atoms with E-state index in [0.717, 1.165) is 11.6 Å². The van der Waals surface area contributed by atoms with Crippen LogP contribution in [0.1, 0.15) is 47.3 Å². The third-order valence-corrected chi connectivity index (χ3v) is 5.38. The molecule has 6 nitrogen and oxygen atoms in total. The first-order chi connectivity index (χ1) is 13.0. The number of carbonyl (C=O) groups excluding carboxylic acids is 2. The highest BCUT2D eigenvalue weighted by Gasteiger charge is 2.34. The van der Waals surface area contributed by atoms with Gasteiger partial charge in [-0.1, -0.05) is 50.0 Å². The lowest BCUT2D eigenvalue weighted by atomic mass is 9.88. The normalized spacial score (nSPS) is 14.2. The predicted molar refractivity (Wildman–Crippen MR) is 107 cm³/mol. The van der Waals surface area contributed by atoms with E-state index in [1.807, 2.05) is 0 Å². The molecule has 0 unspecified atom stereocenters. The summed E-state index contributed by atoms with van der Waals surface area (Å²) in [6.45, 7) is 6.05. The van der Waals surface area contributed by atoms with E-state index in [0.29, 0.717) is 16.6 Å². The summed E-state index contributed by atoms with van der Waals surface area (Å²) in [7, 11) is 0. The molecule has 8 heteroatoms. The number of benzene rings is 1. The van der Waals surface area contributed by atoms with Gasteiger partial charge in [-0.2, -0.15) is 0 Å². The molecule has 2 aromatic rings. The Morgan fingerprint density at radius 2 is 1.79 bits per heavy atom. The highest BCUT2D eigenvalue weighted by molar-refractivity contribution is 6.42. The summed E-state index contributed by atoms with van der Waals surface area (Å²) in [4.78, 5) is 39.5. The topological polar surface area (TPSA) is 79.6 Å². The van der Waals surface area contributed by atoms with Crippen molar-refractivity contribution >= 4 is 34.9 Å². The zero-order chi connectivity index (χ0) is 20.8. The molecular weight excluding hydrogens is 403 g/mol. The monoisotopic (exact) mass is 422 g/mol. The highest BCUT2D eigenvalue weighted by atomic mass is 35.5. The molecule has 2 heterocycles. The van der Waals surface area contributed by atoms with Crippen molar-refractivity contribution in [2.24, 2.45) is 5.41 Å². The molecule has 3 rings (SSSR count). The molecule has 1 aliphatic rings. The Balaban J connectivity index is 2.02. The molecule has 0 bridgehead atoms. The third kappa shape index (κ3) is 3.66. The van der Waals surface area contributed by atoms with Gasteiger partial charge in [0.15, 0.2) is 17.2 Å². The fourth-order valence-electron chi connectivity index (χ4n) is 3.14. The van der Waals surface area contributed by atoms with Crippen LogP contribution in [0.25, 0.3) is 0 Å². The second-order valence-corrected chi connectivity index (χ2v) is 8.61. The lowest BCUT2D eigenvalue weighted by Crippen LogP contribution is -2.43. The average Bonchev–Trinajstić information content (AvgIpc) is 2.61. The fraction of sp³-hybridized carbons (Fsp3) is 0.350. The molecule has 1 aliphatic heterocycles. The summed E-state index contributed by atoms with van der Waals surface area (Å²) in [6.07, 6.45) is 0. The molecule has 0 spiro atoms. The van der Waals surface area contributed by atoms with Gasteiger partial charge in [0.2, 0.25) is 5.43 Å². The molecule has 0 saturated heterocycles. The van der Waals surface area contributed by atoms with Crippen LogP contribution >= 0.6 is 23.2 Å². The van der Waals surface area contributed by atoms with Crippen molar-refractivity contribution in [3.8, 4) is 5.75 Å². The van der Waals surface area contributed by atoms with E-state index in [4.69, 9.17) is 23.2 Å². The average molecular weight is 423 g/mol. The van der Waals surface area contributed by atoms with E-state index >= 15 is 0 Å². The van der Waals surface area contributed by atoms with Crippen molar-refractivity contribution in [2.45, 2.75) is 33.9 Å². The number of rotatable bonds is 3. The van der Waals surface area contributed by atoms with E-state index in [-0.39, 0.29) is 30.3 Å². The summed E-state index contributed by atoms with van der Waals surface area (Å²) in [5, 5.41) is 11.0. The summed E-state index contributed by atoms with van der Waals surface area (Å²) < 4.78 is 1.44. The Hall–Kier alpha value is -2.31. The maximum absolute atomic E-state index is 13.0. The number of ketones is 1. The zero-order valence-corrected chi connectivity index (χ0v) is 17.3. The van der Waals surface area contributed by atoms with E-state index in [1.54, 1.807) is 39.0 Å². The third-order valence-electron chi connectivity index (χ3n) is 4.64. The molecule has 0 aliphatic carbocycles. The minimum absolute atomic E-state index is 0.132. The molecule has 148 valence electrons. The molecule has 1 amide bonds. The van der Waals surface area contributed by atoms with Crippen LogP contribution in [0.15, 0.2) is 29.1 Å². The molecule has 0 saturated carbocycles. The Bertz CT molecular complexity index is 1040. The number of hydrogen-bond acceptors (Lipinski definition) is 4. The van der Waals surface area contributed by atoms with Gasteiger partial charge in [0.05, 0.1) is 15.7 Å². The molecular formula is C20H20Cl2N2O4. The van der Waals surface area contributed by atoms with Crippen molar-refractivity contribution in [3.63, 3.8) is 0 Å². The Labute approximate surface area is 172 Å². The van der Waals surface area contributed by atoms with Crippen LogP contribution in [0.4, 0.5) is 0 Å². The van der Waals surface area contributed by atoms with Gasteiger partial charge in [0.1, 0.15) is 0 Å². The van der Waals surface area contributed by atoms with Crippen LogP contribution in [0.2, 0.25) is 10.0 Å². The van der Waals surface area contributed by atoms with Crippen molar-refractivity contribution in [3.05, 3.63) is 61.5 Å². The number of pyridine rings is 1. The quantitative estimate of drug-likeness (QED) is 0.763. The second-order valence-electron chi connectivity index (χ2n) is 7.80. The van der Waals surface area contributed by atoms with Crippen LogP contribution in [0.3, 0.4) is 0 Å². The SMILES string of the molecule is CC(C)(C)C(=O)c1cc(=O)c(O)c2n1CCN(Cc1ccc(Cl)c(Cl)c1)C2=O. The lowest BCUT2D eigenvalue weighted by molar-refractivity contribution is 0.0677. The maximum atomic E-state index is 13.0. The van der Waals surface area contributed by atoms with Gasteiger partial charge in [-0.05, 0) is 17.7 Å². The fourth-order valence-corrected chi connectivity index (χ4v) is 3.46. The second kappa shape index (κ2) is 7.26. The van der Waals surface area contributed by atoms with E-state index in [9.17, 15) is 19.5 Å². The van der Waals surface area contributed by atoms with E-state index in [2.05, 4.69) is 0 Å². The van der Waals surface area contributed by atoms with E-state index < -0.39 is 22.5 Å². The first-order valence-corrected chi connectivity index (χ1v) is 9.51. The van der Waals surface area contributed by atoms with Crippen molar-refractivity contribution < 1.29 is 14.7 Å². The van der Waals surface area contributed by atoms with Gasteiger partial charge >= 0.3 is 0 Å². The molecule has 1 aromatic heterocycles. The molecule has 0 fully saturated rings. The first-order valence-electron chi connectivity index (χ1n) is 8.75. The van der Waals surface area contributed by atoms with Crippen LogP contribution < -0.4 is 5.43 Å². The van der Waals surface area contributed by atoms with Crippen molar-refractivity contribution in [2.75, 3.05) is 6.54 Å². The first kappa shape index (κ1) is 20.4. The number of Topliss-reactive ketones (excluding diaryl/α,β-unsaturated/α-hetero) is 1. The van der Waals surface area contributed by atoms with Gasteiger partial charge in [-0.15, -0.1) is 0 Å². The van der Waals surface area contributed by atoms with Crippen molar-refractivity contribution in [1.82, 2.24) is 9.47 Å². The van der Waals surface area contributed by atoms with Crippen LogP contribution in [-0.4, -0.2) is 32.8 Å². The molecule has 1 aromatic carbocycles. The van der Waals surface area contributed by atoms with Gasteiger partial charge in [0, 0.05) is 31.1 Å². The van der Waals surface area contributed by atoms with Crippen LogP contribution in [0.5, 0.6) is 5.75 Å². The largest absolute Gasteiger partial charge is 0.503 e. The minimum atomic E-state index is -0.747. The van der Waals surface area contributed by atoms with Gasteiger partial charge < -0.3 is 14.6 Å². The van der Waals surface area contributed by atoms with Crippen LogP contribution in [0, 0.1) is 5.41 Å². The predicted octanol–water partition coefficient (Wildman–Crippen LogP) is 3.75. The molecule has 0 radical (unpaired) electrons. The Morgan fingerprint density at radius 1 is 1.11 bits per heavy atom. The lowest BCUT2D eigenvalue weighted by Gasteiger charge is -2.32. The summed E-state index contributed by atoms with van der Waals surface area (Å²) >= 11 is 12.0. The molecule has 1 N–H and O–H groups in total. The molecule has 28 heavy (non-hydrogen) atoms. The Morgan fingerprint density at radius 3 is 2.39 bits per heavy atom. The van der Waals surface area contributed by atoms with Gasteiger partial charge in [-0.25, -0.2) is 0 Å². The number of halogens is 2. The summed E-state index contributed by atoms with van der Waals surface area (Å²) in [5.41, 5.74) is -0.743. The summed E-state index contributed by atoms with van der Waals surface area (Å²) in [5.74, 6) is -1.43. The van der Waals surface area contributed by atoms with E-state index in [1.165, 1.54) is 9.47 Å². The highest BCUT2D eigenvalue weighted by Crippen LogP contribution is 2.28. The van der Waals surface area contributed by atoms with Gasteiger partial charge in [-0.3, -0.25) is 14.4 Å². The number of hydrogen-bond donors (Lipinski definition) is 1. The number of aromatic hydroxyl groups is 1. The minimum Gasteiger partial charge on any atom is -0.503 e. The number of amides is 1. The number of fused-ring (bicyclic) bond motifs is 1. The van der Waals surface area contributed by atoms with Gasteiger partial charge in [0.25, 0.3) is 5.91 Å². The molecule has 0 atom stereocenters.